The van der Waals surface area contributed by atoms with Crippen LogP contribution in [0.5, 0.6) is 0 Å². The smallest absolute Gasteiger partial charge is 0.363 e. The summed E-state index contributed by atoms with van der Waals surface area (Å²) in [5.41, 5.74) is -3.01. The predicted octanol–water partition coefficient (Wildman–Crippen LogP) is 3.24. The lowest BCUT2D eigenvalue weighted by Crippen LogP contribution is -2.72. The van der Waals surface area contributed by atoms with Crippen LogP contribution in [-0.2, 0) is 0 Å². The van der Waals surface area contributed by atoms with E-state index in [2.05, 4.69) is 5.32 Å². The van der Waals surface area contributed by atoms with Crippen LogP contribution in [0.1, 0.15) is 27.5 Å². The second-order valence-electron chi connectivity index (χ2n) is 6.60. The Morgan fingerprint density at radius 1 is 1.07 bits per heavy atom. The summed E-state index contributed by atoms with van der Waals surface area (Å²) in [5, 5.41) is 14.1. The fraction of sp³-hybridized carbons (Fsp3) is 0.263. The molecule has 5 nitrogen and oxygen atoms in total. The molecule has 1 aliphatic rings. The standard InChI is InChI=1S/C19H16F4N2O3/c1-10-2-4-11(5-3-10)15-14(16(26)12-6-8-13(20)9-7-12)18(28,19(21,22)23)25-17(27)24-15/h2-9,14-15,28H,1H3,(H2,24,25,27)/t14-,15-,18+/m0/s1. The van der Waals surface area contributed by atoms with Gasteiger partial charge >= 0.3 is 12.2 Å². The highest BCUT2D eigenvalue weighted by molar-refractivity contribution is 6.00. The van der Waals surface area contributed by atoms with Crippen LogP contribution in [-0.4, -0.2) is 28.8 Å². The number of hydrogen-bond acceptors (Lipinski definition) is 3. The minimum absolute atomic E-state index is 0.212. The van der Waals surface area contributed by atoms with Crippen molar-refractivity contribution in [3.05, 3.63) is 71.0 Å². The molecule has 1 saturated heterocycles. The number of Topliss-reactive ketones (excluding diaryl/α,β-unsaturated/α-hetero) is 1. The van der Waals surface area contributed by atoms with Crippen molar-refractivity contribution in [2.75, 3.05) is 0 Å². The molecule has 3 rings (SSSR count). The van der Waals surface area contributed by atoms with Crippen molar-refractivity contribution in [1.29, 1.82) is 0 Å². The Morgan fingerprint density at radius 2 is 1.64 bits per heavy atom. The molecule has 1 heterocycles. The molecule has 0 bridgehead atoms. The van der Waals surface area contributed by atoms with Crippen LogP contribution in [0.2, 0.25) is 0 Å². The molecule has 0 radical (unpaired) electrons. The second-order valence-corrected chi connectivity index (χ2v) is 6.60. The van der Waals surface area contributed by atoms with Crippen LogP contribution in [0, 0.1) is 18.7 Å². The van der Waals surface area contributed by atoms with E-state index in [9.17, 15) is 32.3 Å². The fourth-order valence-corrected chi connectivity index (χ4v) is 3.18. The van der Waals surface area contributed by atoms with Gasteiger partial charge in [0.1, 0.15) is 11.7 Å². The van der Waals surface area contributed by atoms with Gasteiger partial charge in [-0.25, -0.2) is 9.18 Å². The first-order valence-corrected chi connectivity index (χ1v) is 8.27. The summed E-state index contributed by atoms with van der Waals surface area (Å²) in [5.74, 6) is -3.91. The van der Waals surface area contributed by atoms with E-state index in [1.165, 1.54) is 17.4 Å². The van der Waals surface area contributed by atoms with Crippen LogP contribution in [0.4, 0.5) is 22.4 Å². The Balaban J connectivity index is 2.15. The monoisotopic (exact) mass is 396 g/mol. The number of hydrogen-bond donors (Lipinski definition) is 3. The highest BCUT2D eigenvalue weighted by Crippen LogP contribution is 2.43. The number of carbonyl (C=O) groups is 2. The molecule has 0 saturated carbocycles. The molecule has 9 heteroatoms. The summed E-state index contributed by atoms with van der Waals surface area (Å²) in [6.45, 7) is 1.76. The van der Waals surface area contributed by atoms with E-state index in [0.29, 0.717) is 0 Å². The Labute approximate surface area is 157 Å². The maximum Gasteiger partial charge on any atom is 0.437 e. The number of aryl methyl sites for hydroxylation is 1. The number of carbonyl (C=O) groups excluding carboxylic acids is 2. The number of amides is 2. The van der Waals surface area contributed by atoms with Gasteiger partial charge in [0.25, 0.3) is 0 Å². The molecule has 3 N–H and O–H groups in total. The quantitative estimate of drug-likeness (QED) is 0.551. The van der Waals surface area contributed by atoms with Crippen molar-refractivity contribution in [3.8, 4) is 0 Å². The van der Waals surface area contributed by atoms with Crippen LogP contribution >= 0.6 is 0 Å². The third-order valence-electron chi connectivity index (χ3n) is 4.65. The van der Waals surface area contributed by atoms with Gasteiger partial charge < -0.3 is 15.7 Å². The zero-order chi connectivity index (χ0) is 20.7. The van der Waals surface area contributed by atoms with Gasteiger partial charge in [0.2, 0.25) is 5.72 Å². The third-order valence-corrected chi connectivity index (χ3v) is 4.65. The van der Waals surface area contributed by atoms with E-state index >= 15 is 0 Å². The number of benzene rings is 2. The van der Waals surface area contributed by atoms with Gasteiger partial charge in [0.05, 0.1) is 6.04 Å². The van der Waals surface area contributed by atoms with Gasteiger partial charge in [-0.1, -0.05) is 29.8 Å². The van der Waals surface area contributed by atoms with Gasteiger partial charge in [0, 0.05) is 5.56 Å². The molecule has 0 unspecified atom stereocenters. The minimum atomic E-state index is -5.34. The van der Waals surface area contributed by atoms with Crippen molar-refractivity contribution < 1.29 is 32.3 Å². The summed E-state index contributed by atoms with van der Waals surface area (Å²) in [4.78, 5) is 24.8. The molecule has 2 aromatic rings. The molecule has 2 amide bonds. The van der Waals surface area contributed by atoms with Gasteiger partial charge in [-0.05, 0) is 36.8 Å². The lowest BCUT2D eigenvalue weighted by atomic mass is 9.77. The summed E-state index contributed by atoms with van der Waals surface area (Å²) < 4.78 is 54.4. The topological polar surface area (TPSA) is 78.4 Å². The van der Waals surface area contributed by atoms with E-state index in [4.69, 9.17) is 0 Å². The van der Waals surface area contributed by atoms with Gasteiger partial charge in [0.15, 0.2) is 5.78 Å². The highest BCUT2D eigenvalue weighted by atomic mass is 19.4. The number of aliphatic hydroxyl groups is 1. The number of nitrogens with one attached hydrogen (secondary N) is 2. The first-order chi connectivity index (χ1) is 13.0. The van der Waals surface area contributed by atoms with E-state index in [1.807, 2.05) is 0 Å². The number of alkyl halides is 3. The first-order valence-electron chi connectivity index (χ1n) is 8.27. The molecule has 28 heavy (non-hydrogen) atoms. The molecule has 0 aliphatic carbocycles. The molecule has 1 fully saturated rings. The summed E-state index contributed by atoms with van der Waals surface area (Å²) in [6.07, 6.45) is -5.34. The van der Waals surface area contributed by atoms with Crippen LogP contribution in [0.3, 0.4) is 0 Å². The number of halogens is 4. The average molecular weight is 396 g/mol. The minimum Gasteiger partial charge on any atom is -0.363 e. The number of urea groups is 1. The fourth-order valence-electron chi connectivity index (χ4n) is 3.18. The van der Waals surface area contributed by atoms with Crippen molar-refractivity contribution in [3.63, 3.8) is 0 Å². The van der Waals surface area contributed by atoms with E-state index in [1.54, 1.807) is 19.1 Å². The SMILES string of the molecule is Cc1ccc([C@@H]2NC(=O)N[C@](O)(C(F)(F)F)[C@@H]2C(=O)c2ccc(F)cc2)cc1. The molecule has 0 aromatic heterocycles. The maximum absolute atomic E-state index is 13.7. The van der Waals surface area contributed by atoms with E-state index in [-0.39, 0.29) is 11.1 Å². The van der Waals surface area contributed by atoms with Gasteiger partial charge in [-0.3, -0.25) is 4.79 Å². The molecule has 0 spiro atoms. The predicted molar refractivity (Wildman–Crippen MR) is 90.8 cm³/mol. The van der Waals surface area contributed by atoms with Gasteiger partial charge in [-0.15, -0.1) is 0 Å². The van der Waals surface area contributed by atoms with Crippen LogP contribution < -0.4 is 10.6 Å². The van der Waals surface area contributed by atoms with Crippen molar-refractivity contribution in [2.45, 2.75) is 24.9 Å². The van der Waals surface area contributed by atoms with Crippen LogP contribution in [0.15, 0.2) is 48.5 Å². The zero-order valence-corrected chi connectivity index (χ0v) is 14.5. The molecule has 3 atom stereocenters. The molecule has 2 aromatic carbocycles. The van der Waals surface area contributed by atoms with Crippen LogP contribution in [0.25, 0.3) is 0 Å². The molecular weight excluding hydrogens is 380 g/mol. The van der Waals surface area contributed by atoms with Crippen molar-refractivity contribution in [2.24, 2.45) is 5.92 Å². The van der Waals surface area contributed by atoms with E-state index in [0.717, 1.165) is 29.8 Å². The van der Waals surface area contributed by atoms with Gasteiger partial charge in [-0.2, -0.15) is 13.2 Å². The second kappa shape index (κ2) is 6.90. The number of ketones is 1. The highest BCUT2D eigenvalue weighted by Gasteiger charge is 2.66. The Morgan fingerprint density at radius 3 is 2.18 bits per heavy atom. The van der Waals surface area contributed by atoms with Crippen molar-refractivity contribution >= 4 is 11.8 Å². The van der Waals surface area contributed by atoms with Crippen molar-refractivity contribution in [1.82, 2.24) is 10.6 Å². The third kappa shape index (κ3) is 3.45. The Hall–Kier alpha value is -2.94. The molecule has 1 aliphatic heterocycles. The average Bonchev–Trinajstić information content (AvgIpc) is 2.61. The summed E-state index contributed by atoms with van der Waals surface area (Å²) in [6, 6.07) is 7.32. The zero-order valence-electron chi connectivity index (χ0n) is 14.5. The Kier molecular flexibility index (Phi) is 4.88. The lowest BCUT2D eigenvalue weighted by Gasteiger charge is -2.45. The summed E-state index contributed by atoms with van der Waals surface area (Å²) in [7, 11) is 0. The largest absolute Gasteiger partial charge is 0.437 e. The maximum atomic E-state index is 13.7. The molecule has 148 valence electrons. The Bertz CT molecular complexity index is 897. The number of rotatable bonds is 3. The normalized spacial score (nSPS) is 25.0. The lowest BCUT2D eigenvalue weighted by molar-refractivity contribution is -0.287. The molecular formula is C19H16F4N2O3. The summed E-state index contributed by atoms with van der Waals surface area (Å²) >= 11 is 0. The first kappa shape index (κ1) is 19.8. The van der Waals surface area contributed by atoms with E-state index < -0.39 is 41.5 Å².